The second kappa shape index (κ2) is 2.76. The van der Waals surface area contributed by atoms with Crippen LogP contribution in [0.5, 0.6) is 0 Å². The summed E-state index contributed by atoms with van der Waals surface area (Å²) in [7, 11) is 0. The standard InChI is InChI=1S/C9H16O2/c10-8-3-1-6-5-7(8)2-4-9(6)11/h6-11H,1-5H2/t6-,7+,8-,9-/m1/s1. The summed E-state index contributed by atoms with van der Waals surface area (Å²) >= 11 is 0. The lowest BCUT2D eigenvalue weighted by Crippen LogP contribution is -2.39. The van der Waals surface area contributed by atoms with Crippen molar-refractivity contribution in [2.24, 2.45) is 11.8 Å². The van der Waals surface area contributed by atoms with Crippen LogP contribution in [0, 0.1) is 11.8 Å². The van der Waals surface area contributed by atoms with Gasteiger partial charge in [-0.1, -0.05) is 0 Å². The van der Waals surface area contributed by atoms with Crippen LogP contribution in [0.25, 0.3) is 0 Å². The molecule has 0 spiro atoms. The third-order valence-electron chi connectivity index (χ3n) is 3.36. The largest absolute Gasteiger partial charge is 0.393 e. The molecule has 11 heavy (non-hydrogen) atoms. The van der Waals surface area contributed by atoms with Crippen molar-refractivity contribution in [1.29, 1.82) is 0 Å². The molecule has 2 rings (SSSR count). The van der Waals surface area contributed by atoms with Crippen LogP contribution in [0.4, 0.5) is 0 Å². The second-order valence-electron chi connectivity index (χ2n) is 4.05. The van der Waals surface area contributed by atoms with Gasteiger partial charge in [0.2, 0.25) is 0 Å². The Bertz CT molecular complexity index is 130. The zero-order chi connectivity index (χ0) is 7.84. The Labute approximate surface area is 67.2 Å². The zero-order valence-corrected chi connectivity index (χ0v) is 6.74. The molecule has 2 fully saturated rings. The second-order valence-corrected chi connectivity index (χ2v) is 4.05. The summed E-state index contributed by atoms with van der Waals surface area (Å²) < 4.78 is 0. The monoisotopic (exact) mass is 156 g/mol. The Morgan fingerprint density at radius 3 is 1.64 bits per heavy atom. The Morgan fingerprint density at radius 2 is 1.18 bits per heavy atom. The maximum atomic E-state index is 9.53. The Hall–Kier alpha value is -0.0800. The molecule has 2 aliphatic carbocycles. The highest BCUT2D eigenvalue weighted by molar-refractivity contribution is 4.88. The molecule has 0 heterocycles. The van der Waals surface area contributed by atoms with E-state index in [0.29, 0.717) is 11.8 Å². The van der Waals surface area contributed by atoms with Crippen molar-refractivity contribution in [3.63, 3.8) is 0 Å². The van der Waals surface area contributed by atoms with Gasteiger partial charge in [0.1, 0.15) is 0 Å². The molecule has 0 aromatic carbocycles. The lowest BCUT2D eigenvalue weighted by molar-refractivity contribution is -0.0381. The molecule has 0 saturated heterocycles. The van der Waals surface area contributed by atoms with Gasteiger partial charge in [-0.05, 0) is 43.9 Å². The number of aliphatic hydroxyl groups excluding tert-OH is 2. The van der Waals surface area contributed by atoms with E-state index in [0.717, 1.165) is 32.1 Å². The van der Waals surface area contributed by atoms with Crippen molar-refractivity contribution in [2.45, 2.75) is 44.3 Å². The molecular weight excluding hydrogens is 140 g/mol. The maximum Gasteiger partial charge on any atom is 0.0568 e. The molecule has 2 N–H and O–H groups in total. The van der Waals surface area contributed by atoms with Gasteiger partial charge in [0, 0.05) is 0 Å². The minimum absolute atomic E-state index is 0.0706. The summed E-state index contributed by atoms with van der Waals surface area (Å²) in [6.07, 6.45) is 4.79. The zero-order valence-electron chi connectivity index (χ0n) is 6.74. The smallest absolute Gasteiger partial charge is 0.0568 e. The van der Waals surface area contributed by atoms with E-state index in [4.69, 9.17) is 0 Å². The number of aliphatic hydroxyl groups is 2. The van der Waals surface area contributed by atoms with Gasteiger partial charge in [0.15, 0.2) is 0 Å². The molecule has 0 amide bonds. The van der Waals surface area contributed by atoms with Crippen molar-refractivity contribution in [2.75, 3.05) is 0 Å². The first kappa shape index (κ1) is 7.56. The highest BCUT2D eigenvalue weighted by Crippen LogP contribution is 2.39. The van der Waals surface area contributed by atoms with E-state index in [1.54, 1.807) is 0 Å². The van der Waals surface area contributed by atoms with Gasteiger partial charge < -0.3 is 10.2 Å². The summed E-state index contributed by atoms with van der Waals surface area (Å²) in [4.78, 5) is 0. The van der Waals surface area contributed by atoms with E-state index >= 15 is 0 Å². The summed E-state index contributed by atoms with van der Waals surface area (Å²) in [5, 5.41) is 19.1. The first-order valence-electron chi connectivity index (χ1n) is 4.63. The molecule has 0 radical (unpaired) electrons. The Morgan fingerprint density at radius 1 is 0.727 bits per heavy atom. The molecule has 64 valence electrons. The Balaban J connectivity index is 2.02. The van der Waals surface area contributed by atoms with Crippen molar-refractivity contribution in [3.05, 3.63) is 0 Å². The molecule has 0 aromatic rings. The molecule has 2 aliphatic rings. The van der Waals surface area contributed by atoms with Crippen molar-refractivity contribution < 1.29 is 10.2 Å². The fourth-order valence-corrected chi connectivity index (χ4v) is 2.56. The van der Waals surface area contributed by atoms with E-state index in [1.807, 2.05) is 0 Å². The third-order valence-corrected chi connectivity index (χ3v) is 3.36. The van der Waals surface area contributed by atoms with Crippen LogP contribution >= 0.6 is 0 Å². The van der Waals surface area contributed by atoms with Crippen molar-refractivity contribution in [3.8, 4) is 0 Å². The molecule has 2 bridgehead atoms. The molecule has 4 atom stereocenters. The van der Waals surface area contributed by atoms with E-state index in [-0.39, 0.29) is 12.2 Å². The molecular formula is C9H16O2. The molecule has 0 unspecified atom stereocenters. The quantitative estimate of drug-likeness (QED) is 0.547. The molecule has 2 saturated carbocycles. The van der Waals surface area contributed by atoms with Crippen LogP contribution in [-0.2, 0) is 0 Å². The van der Waals surface area contributed by atoms with Crippen molar-refractivity contribution in [1.82, 2.24) is 0 Å². The summed E-state index contributed by atoms with van der Waals surface area (Å²) in [5.74, 6) is 0.995. The normalized spacial score (nSPS) is 50.7. The number of fused-ring (bicyclic) bond motifs is 2. The SMILES string of the molecule is O[C@@H]1CC[C@H]2C[C@H]1CC[C@H]2O. The number of hydrogen-bond donors (Lipinski definition) is 2. The van der Waals surface area contributed by atoms with Crippen LogP contribution in [0.2, 0.25) is 0 Å². The molecule has 2 nitrogen and oxygen atoms in total. The predicted molar refractivity (Wildman–Crippen MR) is 42.1 cm³/mol. The molecule has 2 heteroatoms. The van der Waals surface area contributed by atoms with Crippen LogP contribution in [-0.4, -0.2) is 22.4 Å². The molecule has 0 aromatic heterocycles. The van der Waals surface area contributed by atoms with Crippen LogP contribution in [0.1, 0.15) is 32.1 Å². The summed E-state index contributed by atoms with van der Waals surface area (Å²) in [5.41, 5.74) is 0. The maximum absolute atomic E-state index is 9.53. The van der Waals surface area contributed by atoms with Crippen LogP contribution in [0.3, 0.4) is 0 Å². The van der Waals surface area contributed by atoms with Crippen LogP contribution in [0.15, 0.2) is 0 Å². The summed E-state index contributed by atoms with van der Waals surface area (Å²) in [6, 6.07) is 0. The van der Waals surface area contributed by atoms with Gasteiger partial charge in [0.25, 0.3) is 0 Å². The fourth-order valence-electron chi connectivity index (χ4n) is 2.56. The highest BCUT2D eigenvalue weighted by atomic mass is 16.3. The molecule has 0 aliphatic heterocycles. The van der Waals surface area contributed by atoms with Gasteiger partial charge in [-0.2, -0.15) is 0 Å². The lowest BCUT2D eigenvalue weighted by atomic mass is 9.69. The number of rotatable bonds is 0. The highest BCUT2D eigenvalue weighted by Gasteiger charge is 2.36. The predicted octanol–water partition coefficient (Wildman–Crippen LogP) is 0.918. The average Bonchev–Trinajstić information content (AvgIpc) is 2.02. The van der Waals surface area contributed by atoms with E-state index < -0.39 is 0 Å². The topological polar surface area (TPSA) is 40.5 Å². The van der Waals surface area contributed by atoms with E-state index in [9.17, 15) is 10.2 Å². The number of hydrogen-bond acceptors (Lipinski definition) is 2. The first-order valence-corrected chi connectivity index (χ1v) is 4.63. The third kappa shape index (κ3) is 1.30. The first-order chi connectivity index (χ1) is 5.27. The minimum atomic E-state index is -0.0706. The van der Waals surface area contributed by atoms with Crippen LogP contribution < -0.4 is 0 Å². The average molecular weight is 156 g/mol. The summed E-state index contributed by atoms with van der Waals surface area (Å²) in [6.45, 7) is 0. The van der Waals surface area contributed by atoms with Gasteiger partial charge >= 0.3 is 0 Å². The van der Waals surface area contributed by atoms with Gasteiger partial charge in [-0.3, -0.25) is 0 Å². The van der Waals surface area contributed by atoms with Gasteiger partial charge in [-0.25, -0.2) is 0 Å². The fraction of sp³-hybridized carbons (Fsp3) is 1.00. The minimum Gasteiger partial charge on any atom is -0.393 e. The van der Waals surface area contributed by atoms with Crippen molar-refractivity contribution >= 4 is 0 Å². The van der Waals surface area contributed by atoms with E-state index in [2.05, 4.69) is 0 Å². The van der Waals surface area contributed by atoms with Gasteiger partial charge in [-0.15, -0.1) is 0 Å². The van der Waals surface area contributed by atoms with E-state index in [1.165, 1.54) is 0 Å². The Kier molecular flexibility index (Phi) is 1.90. The lowest BCUT2D eigenvalue weighted by Gasteiger charge is -2.40. The van der Waals surface area contributed by atoms with Gasteiger partial charge in [0.05, 0.1) is 12.2 Å².